The molecule has 26 heavy (non-hydrogen) atoms. The second-order valence-corrected chi connectivity index (χ2v) is 7.43. The molecule has 0 aliphatic rings. The quantitative estimate of drug-likeness (QED) is 0.539. The van der Waals surface area contributed by atoms with Crippen molar-refractivity contribution < 1.29 is 14.3 Å². The third-order valence-corrected chi connectivity index (χ3v) is 4.64. The fraction of sp³-hybridized carbons (Fsp3) is 0.650. The van der Waals surface area contributed by atoms with Crippen LogP contribution in [0.1, 0.15) is 53.9 Å². The molecule has 3 atom stereocenters. The van der Waals surface area contributed by atoms with E-state index in [-0.39, 0.29) is 36.5 Å². The number of hydrogen-bond acceptors (Lipinski definition) is 4. The molecular weight excluding hydrogens is 373 g/mol. The van der Waals surface area contributed by atoms with Gasteiger partial charge in [0, 0.05) is 5.02 Å². The molecule has 6 heteroatoms. The molecule has 0 heterocycles. The summed E-state index contributed by atoms with van der Waals surface area (Å²) >= 11 is 5.93. The Labute approximate surface area is 169 Å². The lowest BCUT2D eigenvalue weighted by Crippen LogP contribution is -2.43. The number of benzene rings is 1. The number of carbonyl (C=O) groups excluding carboxylic acids is 1. The van der Waals surface area contributed by atoms with Crippen LogP contribution < -0.4 is 10.5 Å². The molecule has 150 valence electrons. The Balaban J connectivity index is 0.00000625. The lowest BCUT2D eigenvalue weighted by Gasteiger charge is -2.31. The maximum absolute atomic E-state index is 12.3. The van der Waals surface area contributed by atoms with E-state index in [9.17, 15) is 4.79 Å². The maximum atomic E-state index is 12.3. The van der Waals surface area contributed by atoms with E-state index >= 15 is 0 Å². The van der Waals surface area contributed by atoms with Crippen molar-refractivity contribution >= 4 is 30.0 Å². The second kappa shape index (κ2) is 12.4. The van der Waals surface area contributed by atoms with Gasteiger partial charge in [-0.05, 0) is 62.3 Å². The van der Waals surface area contributed by atoms with Crippen LogP contribution in [0.2, 0.25) is 5.02 Å². The van der Waals surface area contributed by atoms with Crippen molar-refractivity contribution in [1.82, 2.24) is 0 Å². The van der Waals surface area contributed by atoms with E-state index in [0.29, 0.717) is 17.4 Å². The molecule has 1 aromatic carbocycles. The molecule has 0 aliphatic heterocycles. The Morgan fingerprint density at radius 1 is 1.12 bits per heavy atom. The molecule has 4 nitrogen and oxygen atoms in total. The first kappa shape index (κ1) is 25.0. The van der Waals surface area contributed by atoms with E-state index in [1.807, 2.05) is 32.9 Å². The lowest BCUT2D eigenvalue weighted by molar-refractivity contribution is -0.156. The van der Waals surface area contributed by atoms with Gasteiger partial charge < -0.3 is 15.2 Å². The van der Waals surface area contributed by atoms with Crippen LogP contribution in [0.25, 0.3) is 0 Å². The minimum atomic E-state index is -0.597. The van der Waals surface area contributed by atoms with Gasteiger partial charge in [-0.3, -0.25) is 4.79 Å². The van der Waals surface area contributed by atoms with Crippen LogP contribution >= 0.6 is 24.0 Å². The fourth-order valence-corrected chi connectivity index (χ4v) is 3.07. The molecule has 0 amide bonds. The minimum Gasteiger partial charge on any atom is -0.486 e. The highest BCUT2D eigenvalue weighted by atomic mass is 35.5. The highest BCUT2D eigenvalue weighted by molar-refractivity contribution is 6.30. The Hall–Kier alpha value is -0.970. The van der Waals surface area contributed by atoms with Crippen molar-refractivity contribution in [2.75, 3.05) is 0 Å². The molecular formula is C20H33Cl2NO3. The molecule has 1 aromatic rings. The molecule has 0 aromatic heterocycles. The zero-order chi connectivity index (χ0) is 19.0. The molecule has 1 rings (SSSR count). The smallest absolute Gasteiger partial charge is 0.323 e. The number of halogens is 2. The van der Waals surface area contributed by atoms with Gasteiger partial charge in [0.1, 0.15) is 24.0 Å². The van der Waals surface area contributed by atoms with Gasteiger partial charge in [-0.1, -0.05) is 39.3 Å². The highest BCUT2D eigenvalue weighted by Gasteiger charge is 2.31. The maximum Gasteiger partial charge on any atom is 0.323 e. The van der Waals surface area contributed by atoms with E-state index in [2.05, 4.69) is 13.8 Å². The van der Waals surface area contributed by atoms with Gasteiger partial charge in [-0.25, -0.2) is 0 Å². The van der Waals surface area contributed by atoms with Crippen molar-refractivity contribution in [3.05, 3.63) is 29.3 Å². The summed E-state index contributed by atoms with van der Waals surface area (Å²) in [6.07, 6.45) is 1.88. The summed E-state index contributed by atoms with van der Waals surface area (Å²) < 4.78 is 11.8. The number of carbonyl (C=O) groups is 1. The summed E-state index contributed by atoms with van der Waals surface area (Å²) in [7, 11) is 0. The van der Waals surface area contributed by atoms with Crippen molar-refractivity contribution in [3.8, 4) is 5.75 Å². The Kier molecular flexibility index (Phi) is 12.0. The summed E-state index contributed by atoms with van der Waals surface area (Å²) in [5, 5.41) is 0.658. The van der Waals surface area contributed by atoms with Crippen molar-refractivity contribution in [3.63, 3.8) is 0 Å². The van der Waals surface area contributed by atoms with E-state index in [4.69, 9.17) is 26.8 Å². The molecule has 0 radical (unpaired) electrons. The van der Waals surface area contributed by atoms with Crippen molar-refractivity contribution in [2.45, 2.75) is 72.1 Å². The van der Waals surface area contributed by atoms with Crippen LogP contribution in [0.15, 0.2) is 24.3 Å². The first-order valence-electron chi connectivity index (χ1n) is 9.16. The zero-order valence-corrected chi connectivity index (χ0v) is 18.0. The number of nitrogens with two attached hydrogens (primary N) is 1. The van der Waals surface area contributed by atoms with Crippen molar-refractivity contribution in [1.29, 1.82) is 0 Å². The standard InChI is InChI=1S/C20H32ClNO3.ClH/c1-6-15(7-2)19(25-17-10-8-16(21)9-11-17)14(5)24-20(23)18(22)12-13(3)4;/h8-11,13-15,18-19H,6-7,12,22H2,1-5H3;1H/t14-,18-,19+;/m0./s1. The molecule has 0 fully saturated rings. The summed E-state index contributed by atoms with van der Waals surface area (Å²) in [5.41, 5.74) is 5.95. The van der Waals surface area contributed by atoms with Gasteiger partial charge >= 0.3 is 5.97 Å². The Morgan fingerprint density at radius 2 is 1.65 bits per heavy atom. The first-order valence-corrected chi connectivity index (χ1v) is 9.54. The van der Waals surface area contributed by atoms with E-state index in [1.165, 1.54) is 0 Å². The third kappa shape index (κ3) is 8.15. The molecule has 0 saturated carbocycles. The average molecular weight is 406 g/mol. The van der Waals surface area contributed by atoms with Gasteiger partial charge in [-0.2, -0.15) is 0 Å². The minimum absolute atomic E-state index is 0. The van der Waals surface area contributed by atoms with Crippen LogP contribution in [0.3, 0.4) is 0 Å². The molecule has 0 spiro atoms. The van der Waals surface area contributed by atoms with Crippen LogP contribution in [0.5, 0.6) is 5.75 Å². The van der Waals surface area contributed by atoms with E-state index in [1.54, 1.807) is 12.1 Å². The zero-order valence-electron chi connectivity index (χ0n) is 16.4. The molecule has 0 bridgehead atoms. The Bertz CT molecular complexity index is 518. The van der Waals surface area contributed by atoms with E-state index < -0.39 is 6.04 Å². The predicted molar refractivity (Wildman–Crippen MR) is 110 cm³/mol. The summed E-state index contributed by atoms with van der Waals surface area (Å²) in [6.45, 7) is 10.2. The molecule has 2 N–H and O–H groups in total. The van der Waals surface area contributed by atoms with Crippen LogP contribution in [0, 0.1) is 11.8 Å². The summed E-state index contributed by atoms with van der Waals surface area (Å²) in [5.74, 6) is 0.977. The van der Waals surface area contributed by atoms with Gasteiger partial charge in [0.2, 0.25) is 0 Å². The van der Waals surface area contributed by atoms with Gasteiger partial charge in [0.15, 0.2) is 0 Å². The largest absolute Gasteiger partial charge is 0.486 e. The average Bonchev–Trinajstić information content (AvgIpc) is 2.56. The monoisotopic (exact) mass is 405 g/mol. The topological polar surface area (TPSA) is 61.5 Å². The normalized spacial score (nSPS) is 14.5. The highest BCUT2D eigenvalue weighted by Crippen LogP contribution is 2.25. The van der Waals surface area contributed by atoms with Gasteiger partial charge in [0.25, 0.3) is 0 Å². The number of esters is 1. The Morgan fingerprint density at radius 3 is 2.12 bits per heavy atom. The number of rotatable bonds is 10. The summed E-state index contributed by atoms with van der Waals surface area (Å²) in [4.78, 5) is 12.3. The fourth-order valence-electron chi connectivity index (χ4n) is 2.94. The third-order valence-electron chi connectivity index (χ3n) is 4.39. The summed E-state index contributed by atoms with van der Waals surface area (Å²) in [6, 6.07) is 6.64. The molecule has 0 aliphatic carbocycles. The SMILES string of the molecule is CCC(CC)[C@H](Oc1ccc(Cl)cc1)[C@H](C)OC(=O)[C@@H](N)CC(C)C.Cl. The van der Waals surface area contributed by atoms with Crippen molar-refractivity contribution in [2.24, 2.45) is 17.6 Å². The van der Waals surface area contributed by atoms with Gasteiger partial charge in [0.05, 0.1) is 0 Å². The van der Waals surface area contributed by atoms with Crippen LogP contribution in [0.4, 0.5) is 0 Å². The molecule has 0 saturated heterocycles. The van der Waals surface area contributed by atoms with Crippen LogP contribution in [-0.2, 0) is 9.53 Å². The van der Waals surface area contributed by atoms with Crippen LogP contribution in [-0.4, -0.2) is 24.2 Å². The van der Waals surface area contributed by atoms with Gasteiger partial charge in [-0.15, -0.1) is 12.4 Å². The predicted octanol–water partition coefficient (Wildman–Crippen LogP) is 5.25. The molecule has 0 unspecified atom stereocenters. The lowest BCUT2D eigenvalue weighted by atomic mass is 9.93. The first-order chi connectivity index (χ1) is 11.8. The van der Waals surface area contributed by atoms with E-state index in [0.717, 1.165) is 18.6 Å². The number of ether oxygens (including phenoxy) is 2. The number of hydrogen-bond donors (Lipinski definition) is 1. The second-order valence-electron chi connectivity index (χ2n) is 6.99.